The number of hydrogen-bond donors (Lipinski definition) is 0. The van der Waals surface area contributed by atoms with Crippen molar-refractivity contribution in [2.24, 2.45) is 0 Å². The molecule has 2 aliphatic rings. The van der Waals surface area contributed by atoms with Crippen molar-refractivity contribution < 1.29 is 19.0 Å². The molecule has 0 aliphatic carbocycles. The summed E-state index contributed by atoms with van der Waals surface area (Å²) in [5, 5.41) is 0.725. The molecule has 1 saturated heterocycles. The molecule has 0 saturated carbocycles. The number of fused-ring (bicyclic) bond motifs is 1. The molecule has 0 radical (unpaired) electrons. The lowest BCUT2D eigenvalue weighted by Crippen LogP contribution is -2.49. The van der Waals surface area contributed by atoms with Gasteiger partial charge in [-0.3, -0.25) is 4.79 Å². The molecule has 148 valence electrons. The Balaban J connectivity index is 1.49. The van der Waals surface area contributed by atoms with Crippen LogP contribution in [0.1, 0.15) is 15.9 Å². The van der Waals surface area contributed by atoms with Crippen molar-refractivity contribution in [2.75, 3.05) is 51.4 Å². The monoisotopic (exact) mass is 402 g/mol. The molecule has 0 spiro atoms. The molecule has 7 heteroatoms. The van der Waals surface area contributed by atoms with E-state index >= 15 is 0 Å². The Hall–Kier alpha value is -2.60. The Bertz CT molecular complexity index is 877. The zero-order valence-corrected chi connectivity index (χ0v) is 16.8. The lowest BCUT2D eigenvalue weighted by atomic mass is 10.1. The first kappa shape index (κ1) is 18.7. The maximum absolute atomic E-state index is 13.1. The summed E-state index contributed by atoms with van der Waals surface area (Å²) in [4.78, 5) is 17.2. The average Bonchev–Trinajstić information content (AvgIpc) is 2.74. The fourth-order valence-corrected chi connectivity index (χ4v) is 3.82. The van der Waals surface area contributed by atoms with Crippen LogP contribution in [0.5, 0.6) is 17.2 Å². The number of benzene rings is 2. The first-order chi connectivity index (χ1) is 13.6. The quantitative estimate of drug-likeness (QED) is 0.787. The molecule has 0 bridgehead atoms. The van der Waals surface area contributed by atoms with Gasteiger partial charge in [-0.1, -0.05) is 17.7 Å². The van der Waals surface area contributed by atoms with Crippen molar-refractivity contribution in [3.63, 3.8) is 0 Å². The Morgan fingerprint density at radius 3 is 2.57 bits per heavy atom. The molecule has 2 aromatic carbocycles. The third-order valence-corrected chi connectivity index (χ3v) is 5.39. The smallest absolute Gasteiger partial charge is 0.254 e. The molecule has 4 rings (SSSR count). The predicted molar refractivity (Wildman–Crippen MR) is 108 cm³/mol. The van der Waals surface area contributed by atoms with Crippen molar-refractivity contribution in [2.45, 2.75) is 6.92 Å². The number of carbonyl (C=O) groups is 1. The van der Waals surface area contributed by atoms with Crippen LogP contribution in [-0.2, 0) is 0 Å². The average molecular weight is 403 g/mol. The maximum atomic E-state index is 13.1. The first-order valence-corrected chi connectivity index (χ1v) is 9.72. The molecule has 6 nitrogen and oxygen atoms in total. The van der Waals surface area contributed by atoms with Gasteiger partial charge in [0.2, 0.25) is 5.75 Å². The van der Waals surface area contributed by atoms with E-state index in [9.17, 15) is 4.79 Å². The molecule has 1 amide bonds. The fourth-order valence-electron chi connectivity index (χ4n) is 3.65. The van der Waals surface area contributed by atoms with Gasteiger partial charge in [0.25, 0.3) is 5.91 Å². The molecule has 2 heterocycles. The van der Waals surface area contributed by atoms with Gasteiger partial charge in [0.15, 0.2) is 11.5 Å². The molecule has 2 aliphatic heterocycles. The summed E-state index contributed by atoms with van der Waals surface area (Å²) in [6.07, 6.45) is 0. The zero-order valence-electron chi connectivity index (χ0n) is 16.0. The first-order valence-electron chi connectivity index (χ1n) is 9.35. The molecule has 1 fully saturated rings. The molecular formula is C21H23ClN2O4. The number of halogens is 1. The van der Waals surface area contributed by atoms with E-state index in [1.54, 1.807) is 19.2 Å². The van der Waals surface area contributed by atoms with Gasteiger partial charge in [-0.25, -0.2) is 0 Å². The summed E-state index contributed by atoms with van der Waals surface area (Å²) in [5.41, 5.74) is 2.86. The van der Waals surface area contributed by atoms with Gasteiger partial charge >= 0.3 is 0 Å². The number of carbonyl (C=O) groups excluding carboxylic acids is 1. The van der Waals surface area contributed by atoms with Gasteiger partial charge in [0.1, 0.15) is 13.2 Å². The predicted octanol–water partition coefficient (Wildman–Crippen LogP) is 3.39. The van der Waals surface area contributed by atoms with Crippen LogP contribution in [0.25, 0.3) is 0 Å². The Morgan fingerprint density at radius 1 is 1.07 bits per heavy atom. The molecule has 28 heavy (non-hydrogen) atoms. The van der Waals surface area contributed by atoms with Gasteiger partial charge < -0.3 is 24.0 Å². The summed E-state index contributed by atoms with van der Waals surface area (Å²) < 4.78 is 16.7. The fraction of sp³-hybridized carbons (Fsp3) is 0.381. The lowest BCUT2D eigenvalue weighted by Gasteiger charge is -2.37. The van der Waals surface area contributed by atoms with E-state index in [0.29, 0.717) is 49.1 Å². The zero-order chi connectivity index (χ0) is 19.7. The van der Waals surface area contributed by atoms with Gasteiger partial charge in [-0.2, -0.15) is 0 Å². The summed E-state index contributed by atoms with van der Waals surface area (Å²) in [5.74, 6) is 1.61. The van der Waals surface area contributed by atoms with Crippen LogP contribution in [0, 0.1) is 6.92 Å². The van der Waals surface area contributed by atoms with E-state index in [-0.39, 0.29) is 5.91 Å². The van der Waals surface area contributed by atoms with Crippen LogP contribution in [0.3, 0.4) is 0 Å². The number of aryl methyl sites for hydroxylation is 1. The molecule has 0 aromatic heterocycles. The molecule has 0 unspecified atom stereocenters. The second kappa shape index (κ2) is 7.80. The highest BCUT2D eigenvalue weighted by Crippen LogP contribution is 2.40. The minimum absolute atomic E-state index is 0.0299. The Morgan fingerprint density at radius 2 is 1.82 bits per heavy atom. The molecule has 0 N–H and O–H groups in total. The van der Waals surface area contributed by atoms with Crippen LogP contribution in [0.2, 0.25) is 5.02 Å². The van der Waals surface area contributed by atoms with Crippen molar-refractivity contribution >= 4 is 23.2 Å². The van der Waals surface area contributed by atoms with Gasteiger partial charge in [-0.15, -0.1) is 0 Å². The number of hydrogen-bond acceptors (Lipinski definition) is 5. The lowest BCUT2D eigenvalue weighted by molar-refractivity contribution is 0.0745. The van der Waals surface area contributed by atoms with Crippen molar-refractivity contribution in [1.29, 1.82) is 0 Å². The summed E-state index contributed by atoms with van der Waals surface area (Å²) in [6, 6.07) is 9.38. The topological polar surface area (TPSA) is 51.2 Å². The minimum atomic E-state index is -0.0299. The van der Waals surface area contributed by atoms with Crippen LogP contribution in [0.4, 0.5) is 5.69 Å². The summed E-state index contributed by atoms with van der Waals surface area (Å²) in [6.45, 7) is 5.81. The second-order valence-corrected chi connectivity index (χ2v) is 7.35. The Labute approximate surface area is 169 Å². The third-order valence-electron chi connectivity index (χ3n) is 5.15. The van der Waals surface area contributed by atoms with E-state index in [1.165, 1.54) is 5.56 Å². The number of nitrogens with zero attached hydrogens (tertiary/aromatic N) is 2. The van der Waals surface area contributed by atoms with E-state index < -0.39 is 0 Å². The van der Waals surface area contributed by atoms with Crippen LogP contribution in [0.15, 0.2) is 30.3 Å². The second-order valence-electron chi connectivity index (χ2n) is 6.91. The number of amides is 1. The highest BCUT2D eigenvalue weighted by Gasteiger charge is 2.26. The van der Waals surface area contributed by atoms with Gasteiger partial charge in [-0.05, 0) is 36.8 Å². The number of piperazine rings is 1. The van der Waals surface area contributed by atoms with Crippen LogP contribution < -0.4 is 19.1 Å². The largest absolute Gasteiger partial charge is 0.493 e. The minimum Gasteiger partial charge on any atom is -0.493 e. The number of anilines is 1. The van der Waals surface area contributed by atoms with Crippen molar-refractivity contribution in [1.82, 2.24) is 4.90 Å². The Kier molecular flexibility index (Phi) is 5.22. The maximum Gasteiger partial charge on any atom is 0.254 e. The van der Waals surface area contributed by atoms with E-state index in [1.807, 2.05) is 23.1 Å². The van der Waals surface area contributed by atoms with E-state index in [0.717, 1.165) is 23.8 Å². The normalized spacial score (nSPS) is 16.1. The van der Waals surface area contributed by atoms with Crippen LogP contribution >= 0.6 is 11.6 Å². The van der Waals surface area contributed by atoms with Crippen molar-refractivity contribution in [3.8, 4) is 17.2 Å². The summed E-state index contributed by atoms with van der Waals surface area (Å²) in [7, 11) is 1.56. The number of rotatable bonds is 3. The number of ether oxygens (including phenoxy) is 3. The third kappa shape index (κ3) is 3.56. The SMILES string of the molecule is COc1cc(C(=O)N2CCN(c3cc(Cl)ccc3C)CC2)cc2c1OCCO2. The van der Waals surface area contributed by atoms with Gasteiger partial charge in [0, 0.05) is 42.5 Å². The number of methoxy groups -OCH3 is 1. The summed E-state index contributed by atoms with van der Waals surface area (Å²) >= 11 is 6.16. The molecule has 2 aromatic rings. The van der Waals surface area contributed by atoms with E-state index in [2.05, 4.69) is 11.8 Å². The van der Waals surface area contributed by atoms with Crippen LogP contribution in [-0.4, -0.2) is 57.3 Å². The standard InChI is InChI=1S/C21H23ClN2O4/c1-14-3-4-16(22)13-17(14)23-5-7-24(8-6-23)21(25)15-11-18(26-2)20-19(12-15)27-9-10-28-20/h3-4,11-13H,5-10H2,1-2H3. The van der Waals surface area contributed by atoms with Crippen molar-refractivity contribution in [3.05, 3.63) is 46.5 Å². The highest BCUT2D eigenvalue weighted by molar-refractivity contribution is 6.30. The van der Waals surface area contributed by atoms with E-state index in [4.69, 9.17) is 25.8 Å². The molecule has 0 atom stereocenters. The highest BCUT2D eigenvalue weighted by atomic mass is 35.5. The molecular weight excluding hydrogens is 380 g/mol. The van der Waals surface area contributed by atoms with Gasteiger partial charge in [0.05, 0.1) is 7.11 Å².